The molecular formula is C41H48ClN3O4. The fourth-order valence-electron chi connectivity index (χ4n) is 7.48. The summed E-state index contributed by atoms with van der Waals surface area (Å²) in [7, 11) is 0. The molecular weight excluding hydrogens is 634 g/mol. The van der Waals surface area contributed by atoms with Crippen molar-refractivity contribution in [1.82, 2.24) is 15.1 Å². The van der Waals surface area contributed by atoms with Crippen LogP contribution in [0.15, 0.2) is 84.4 Å². The molecule has 7 nitrogen and oxygen atoms in total. The van der Waals surface area contributed by atoms with Gasteiger partial charge in [-0.15, -0.1) is 0 Å². The Morgan fingerprint density at radius 1 is 0.959 bits per heavy atom. The third-order valence-electron chi connectivity index (χ3n) is 9.97. The highest BCUT2D eigenvalue weighted by Gasteiger charge is 2.37. The minimum Gasteiger partial charge on any atom is -0.444 e. The SMILES string of the molecule is CC(C)(C)OC(=O)N1Cc2ccccc2C[C@@H]1C(=O)N[C@H](C=C1CCC(c2ccccc2CN2CCCC2=O)CC1)Cc1ccc(Cl)cc1. The summed E-state index contributed by atoms with van der Waals surface area (Å²) in [6.07, 6.45) is 8.31. The van der Waals surface area contributed by atoms with Gasteiger partial charge in [0, 0.05) is 31.0 Å². The van der Waals surface area contributed by atoms with Crippen LogP contribution in [-0.2, 0) is 40.3 Å². The molecule has 2 aliphatic heterocycles. The van der Waals surface area contributed by atoms with Gasteiger partial charge < -0.3 is 15.0 Å². The Kier molecular flexibility index (Phi) is 10.8. The van der Waals surface area contributed by atoms with Crippen molar-refractivity contribution in [3.63, 3.8) is 0 Å². The highest BCUT2D eigenvalue weighted by molar-refractivity contribution is 6.30. The van der Waals surface area contributed by atoms with E-state index in [2.05, 4.69) is 35.7 Å². The zero-order chi connectivity index (χ0) is 34.5. The molecule has 1 N–H and O–H groups in total. The Labute approximate surface area is 295 Å². The second-order valence-corrected chi connectivity index (χ2v) is 15.2. The van der Waals surface area contributed by atoms with Gasteiger partial charge in [0.2, 0.25) is 11.8 Å². The van der Waals surface area contributed by atoms with Gasteiger partial charge in [-0.25, -0.2) is 4.79 Å². The van der Waals surface area contributed by atoms with Gasteiger partial charge in [-0.05, 0) is 105 Å². The summed E-state index contributed by atoms with van der Waals surface area (Å²) in [5.74, 6) is 0.499. The van der Waals surface area contributed by atoms with E-state index in [0.29, 0.717) is 43.3 Å². The second kappa shape index (κ2) is 15.2. The molecule has 3 aromatic rings. The number of likely N-dealkylation sites (tertiary alicyclic amines) is 1. The van der Waals surface area contributed by atoms with Crippen LogP contribution in [-0.4, -0.2) is 51.9 Å². The van der Waals surface area contributed by atoms with Crippen LogP contribution in [0.2, 0.25) is 5.02 Å². The standard InChI is InChI=1S/C41H48ClN3O4/c1-41(2,3)49-40(48)45-27-32-10-5-4-9-31(32)25-37(45)39(47)43-35(24-29-16-20-34(42)21-17-29)23-28-14-18-30(19-15-28)36-12-7-6-11-33(36)26-44-22-8-13-38(44)46/h4-7,9-12,16-17,20-21,23,30,35,37H,8,13-15,18-19,22,24-27H2,1-3H3,(H,43,47)/t30?,35-,37-/m1/s1. The van der Waals surface area contributed by atoms with Crippen molar-refractivity contribution in [3.8, 4) is 0 Å². The number of hydrogen-bond acceptors (Lipinski definition) is 4. The van der Waals surface area contributed by atoms with E-state index in [9.17, 15) is 14.4 Å². The maximum atomic E-state index is 14.2. The highest BCUT2D eigenvalue weighted by atomic mass is 35.5. The third kappa shape index (κ3) is 8.93. The zero-order valence-corrected chi connectivity index (χ0v) is 29.7. The fourth-order valence-corrected chi connectivity index (χ4v) is 7.60. The molecule has 49 heavy (non-hydrogen) atoms. The molecule has 2 fully saturated rings. The molecule has 0 radical (unpaired) electrons. The summed E-state index contributed by atoms with van der Waals surface area (Å²) in [6.45, 7) is 7.38. The molecule has 2 atom stereocenters. The number of fused-ring (bicyclic) bond motifs is 1. The number of carbonyl (C=O) groups excluding carboxylic acids is 3. The van der Waals surface area contributed by atoms with Crippen molar-refractivity contribution < 1.29 is 19.1 Å². The lowest BCUT2D eigenvalue weighted by molar-refractivity contribution is -0.128. The lowest BCUT2D eigenvalue weighted by Gasteiger charge is -2.37. The number of nitrogens with zero attached hydrogens (tertiary/aromatic N) is 2. The van der Waals surface area contributed by atoms with Gasteiger partial charge in [-0.1, -0.05) is 83.9 Å². The zero-order valence-electron chi connectivity index (χ0n) is 28.9. The Morgan fingerprint density at radius 2 is 1.65 bits per heavy atom. The summed E-state index contributed by atoms with van der Waals surface area (Å²) in [4.78, 5) is 43.5. The van der Waals surface area contributed by atoms with Crippen LogP contribution in [0.4, 0.5) is 4.79 Å². The second-order valence-electron chi connectivity index (χ2n) is 14.8. The number of amides is 3. The van der Waals surface area contributed by atoms with E-state index >= 15 is 0 Å². The van der Waals surface area contributed by atoms with Crippen molar-refractivity contribution in [2.24, 2.45) is 0 Å². The molecule has 1 saturated heterocycles. The number of nitrogens with one attached hydrogen (secondary N) is 1. The summed E-state index contributed by atoms with van der Waals surface area (Å²) in [5.41, 5.74) is 6.44. The number of rotatable bonds is 8. The molecule has 1 aliphatic carbocycles. The van der Waals surface area contributed by atoms with Crippen LogP contribution in [0.25, 0.3) is 0 Å². The Hall–Kier alpha value is -4.10. The summed E-state index contributed by atoms with van der Waals surface area (Å²) < 4.78 is 5.77. The quantitative estimate of drug-likeness (QED) is 0.244. The lowest BCUT2D eigenvalue weighted by atomic mass is 9.79. The van der Waals surface area contributed by atoms with E-state index in [1.807, 2.05) is 74.2 Å². The van der Waals surface area contributed by atoms with E-state index in [1.54, 1.807) is 4.90 Å². The predicted molar refractivity (Wildman–Crippen MR) is 193 cm³/mol. The summed E-state index contributed by atoms with van der Waals surface area (Å²) >= 11 is 6.20. The van der Waals surface area contributed by atoms with Crippen molar-refractivity contribution in [2.75, 3.05) is 6.54 Å². The van der Waals surface area contributed by atoms with Gasteiger partial charge >= 0.3 is 6.09 Å². The minimum atomic E-state index is -0.689. The number of carbonyl (C=O) groups is 3. The van der Waals surface area contributed by atoms with Crippen LogP contribution in [0.5, 0.6) is 0 Å². The molecule has 3 aromatic carbocycles. The fraction of sp³-hybridized carbons (Fsp3) is 0.439. The smallest absolute Gasteiger partial charge is 0.411 e. The number of benzene rings is 3. The van der Waals surface area contributed by atoms with Crippen molar-refractivity contribution in [2.45, 2.75) is 109 Å². The molecule has 0 unspecified atom stereocenters. The maximum Gasteiger partial charge on any atom is 0.411 e. The Morgan fingerprint density at radius 3 is 2.35 bits per heavy atom. The first-order chi connectivity index (χ1) is 23.5. The van der Waals surface area contributed by atoms with Gasteiger partial charge in [0.25, 0.3) is 0 Å². The van der Waals surface area contributed by atoms with E-state index in [1.165, 1.54) is 16.7 Å². The van der Waals surface area contributed by atoms with Gasteiger partial charge in [-0.2, -0.15) is 0 Å². The van der Waals surface area contributed by atoms with Crippen LogP contribution < -0.4 is 5.32 Å². The number of allylic oxidation sites excluding steroid dienone is 1. The molecule has 3 amide bonds. The number of halogens is 1. The topological polar surface area (TPSA) is 79.0 Å². The molecule has 258 valence electrons. The van der Waals surface area contributed by atoms with Crippen LogP contribution in [0.3, 0.4) is 0 Å². The van der Waals surface area contributed by atoms with Crippen molar-refractivity contribution >= 4 is 29.5 Å². The molecule has 3 aliphatic rings. The van der Waals surface area contributed by atoms with Crippen molar-refractivity contribution in [3.05, 3.63) is 117 Å². The van der Waals surface area contributed by atoms with Gasteiger partial charge in [0.15, 0.2) is 0 Å². The molecule has 1 saturated carbocycles. The van der Waals surface area contributed by atoms with E-state index in [-0.39, 0.29) is 17.9 Å². The number of ether oxygens (including phenoxy) is 1. The average Bonchev–Trinajstić information content (AvgIpc) is 3.48. The van der Waals surface area contributed by atoms with E-state index in [0.717, 1.165) is 55.3 Å². The predicted octanol–water partition coefficient (Wildman–Crippen LogP) is 8.14. The molecule has 8 heteroatoms. The Balaban J connectivity index is 1.19. The summed E-state index contributed by atoms with van der Waals surface area (Å²) in [6, 6.07) is 23.4. The highest BCUT2D eigenvalue weighted by Crippen LogP contribution is 2.38. The van der Waals surface area contributed by atoms with Gasteiger partial charge in [-0.3, -0.25) is 14.5 Å². The van der Waals surface area contributed by atoms with Crippen LogP contribution in [0, 0.1) is 0 Å². The van der Waals surface area contributed by atoms with E-state index in [4.69, 9.17) is 16.3 Å². The lowest BCUT2D eigenvalue weighted by Crippen LogP contribution is -2.55. The Bertz CT molecular complexity index is 1690. The molecule has 6 rings (SSSR count). The normalized spacial score (nSPS) is 20.1. The van der Waals surface area contributed by atoms with Crippen LogP contribution >= 0.6 is 11.6 Å². The monoisotopic (exact) mass is 681 g/mol. The number of hydrogen-bond donors (Lipinski definition) is 1. The first kappa shape index (κ1) is 34.8. The largest absolute Gasteiger partial charge is 0.444 e. The van der Waals surface area contributed by atoms with Crippen molar-refractivity contribution in [1.29, 1.82) is 0 Å². The molecule has 2 heterocycles. The summed E-state index contributed by atoms with van der Waals surface area (Å²) in [5, 5.41) is 4.01. The molecule has 0 aromatic heterocycles. The first-order valence-corrected chi connectivity index (χ1v) is 18.1. The van der Waals surface area contributed by atoms with Crippen LogP contribution in [0.1, 0.15) is 93.0 Å². The molecule has 0 spiro atoms. The maximum absolute atomic E-state index is 14.2. The van der Waals surface area contributed by atoms with Gasteiger partial charge in [0.1, 0.15) is 11.6 Å². The minimum absolute atomic E-state index is 0.185. The average molecular weight is 682 g/mol. The van der Waals surface area contributed by atoms with E-state index < -0.39 is 17.7 Å². The third-order valence-corrected chi connectivity index (χ3v) is 10.2. The molecule has 0 bridgehead atoms. The van der Waals surface area contributed by atoms with Gasteiger partial charge in [0.05, 0.1) is 12.6 Å². The first-order valence-electron chi connectivity index (χ1n) is 17.7.